The number of hydrogen-bond acceptors (Lipinski definition) is 2. The Kier molecular flexibility index (Phi) is 2.87. The number of phenols is 1. The van der Waals surface area contributed by atoms with Crippen molar-refractivity contribution in [2.45, 2.75) is 19.3 Å². The van der Waals surface area contributed by atoms with Crippen molar-refractivity contribution in [1.82, 2.24) is 10.3 Å². The van der Waals surface area contributed by atoms with Crippen molar-refractivity contribution in [1.29, 1.82) is 0 Å². The molecule has 0 spiro atoms. The molecule has 1 unspecified atom stereocenters. The monoisotopic (exact) mass is 298 g/mol. The molecule has 0 saturated heterocycles. The number of carbonyl (C=O) groups is 1. The van der Waals surface area contributed by atoms with E-state index in [-0.39, 0.29) is 17.6 Å². The number of nitrogens with one attached hydrogen (secondary N) is 2. The number of phenolic OH excluding ortho intramolecular Hbond substituents is 1. The fourth-order valence-corrected chi connectivity index (χ4v) is 3.04. The number of aromatic nitrogens is 1. The fraction of sp³-hybridized carbons (Fsp3) is 0.308. The molecule has 2 aromatic rings. The summed E-state index contributed by atoms with van der Waals surface area (Å²) in [7, 11) is 0. The SMILES string of the molecule is CC1C(=O)NCCc2[nH]c3c(Cl)c(Cl)cc(O)c3c21. The Bertz CT molecular complexity index is 694. The van der Waals surface area contributed by atoms with Gasteiger partial charge in [0.05, 0.1) is 21.5 Å². The van der Waals surface area contributed by atoms with Crippen LogP contribution in [0.3, 0.4) is 0 Å². The number of hydrogen-bond donors (Lipinski definition) is 3. The van der Waals surface area contributed by atoms with Crippen LogP contribution >= 0.6 is 23.2 Å². The van der Waals surface area contributed by atoms with E-state index >= 15 is 0 Å². The molecule has 0 radical (unpaired) electrons. The Morgan fingerprint density at radius 1 is 1.42 bits per heavy atom. The molecule has 2 heterocycles. The molecule has 3 N–H and O–H groups in total. The van der Waals surface area contributed by atoms with E-state index < -0.39 is 0 Å². The van der Waals surface area contributed by atoms with Crippen LogP contribution in [0.2, 0.25) is 10.0 Å². The first-order valence-corrected chi connectivity index (χ1v) is 6.75. The van der Waals surface area contributed by atoms with E-state index in [0.717, 1.165) is 11.3 Å². The molecular weight excluding hydrogens is 287 g/mol. The van der Waals surface area contributed by atoms with E-state index in [9.17, 15) is 9.90 Å². The lowest BCUT2D eigenvalue weighted by atomic mass is 9.96. The smallest absolute Gasteiger partial charge is 0.227 e. The molecule has 0 aliphatic carbocycles. The molecule has 4 nitrogen and oxygen atoms in total. The van der Waals surface area contributed by atoms with Crippen molar-refractivity contribution in [3.8, 4) is 5.75 Å². The van der Waals surface area contributed by atoms with Crippen LogP contribution in [0.5, 0.6) is 5.75 Å². The number of aromatic amines is 1. The molecule has 0 bridgehead atoms. The third-order valence-electron chi connectivity index (χ3n) is 3.57. The van der Waals surface area contributed by atoms with E-state index in [0.29, 0.717) is 33.9 Å². The predicted octanol–water partition coefficient (Wildman–Crippen LogP) is 2.96. The second kappa shape index (κ2) is 4.32. The van der Waals surface area contributed by atoms with Crippen LogP contribution in [-0.2, 0) is 11.2 Å². The van der Waals surface area contributed by atoms with Gasteiger partial charge in [-0.05, 0) is 12.5 Å². The number of aromatic hydroxyl groups is 1. The van der Waals surface area contributed by atoms with E-state index in [1.165, 1.54) is 6.07 Å². The average molecular weight is 299 g/mol. The Morgan fingerprint density at radius 2 is 2.16 bits per heavy atom. The van der Waals surface area contributed by atoms with Gasteiger partial charge in [0.25, 0.3) is 0 Å². The van der Waals surface area contributed by atoms with E-state index in [1.54, 1.807) is 0 Å². The molecule has 1 aliphatic rings. The lowest BCUT2D eigenvalue weighted by Crippen LogP contribution is -2.26. The molecule has 1 aromatic heterocycles. The zero-order valence-electron chi connectivity index (χ0n) is 10.2. The number of fused-ring (bicyclic) bond motifs is 3. The Balaban J connectivity index is 2.40. The van der Waals surface area contributed by atoms with Crippen LogP contribution in [0, 0.1) is 0 Å². The van der Waals surface area contributed by atoms with E-state index in [1.807, 2.05) is 6.92 Å². The molecule has 3 rings (SSSR count). The number of halogens is 2. The third kappa shape index (κ3) is 1.78. The fourth-order valence-electron chi connectivity index (χ4n) is 2.64. The van der Waals surface area contributed by atoms with Gasteiger partial charge in [-0.3, -0.25) is 4.79 Å². The van der Waals surface area contributed by atoms with Crippen molar-refractivity contribution < 1.29 is 9.90 Å². The second-order valence-electron chi connectivity index (χ2n) is 4.72. The number of H-pyrrole nitrogens is 1. The first-order chi connectivity index (χ1) is 9.00. The molecule has 100 valence electrons. The minimum atomic E-state index is -0.339. The molecule has 0 fully saturated rings. The van der Waals surface area contributed by atoms with Gasteiger partial charge in [0.1, 0.15) is 5.75 Å². The van der Waals surface area contributed by atoms with Crippen molar-refractivity contribution >= 4 is 40.0 Å². The van der Waals surface area contributed by atoms with E-state index in [2.05, 4.69) is 10.3 Å². The summed E-state index contributed by atoms with van der Waals surface area (Å²) in [5.41, 5.74) is 2.32. The van der Waals surface area contributed by atoms with Crippen LogP contribution in [-0.4, -0.2) is 22.5 Å². The zero-order valence-corrected chi connectivity index (χ0v) is 11.7. The topological polar surface area (TPSA) is 65.1 Å². The van der Waals surface area contributed by atoms with Gasteiger partial charge < -0.3 is 15.4 Å². The molecule has 1 aliphatic heterocycles. The highest BCUT2D eigenvalue weighted by Gasteiger charge is 2.28. The highest BCUT2D eigenvalue weighted by atomic mass is 35.5. The number of carbonyl (C=O) groups excluding carboxylic acids is 1. The Hall–Kier alpha value is -1.39. The third-order valence-corrected chi connectivity index (χ3v) is 4.36. The number of amides is 1. The second-order valence-corrected chi connectivity index (χ2v) is 5.51. The van der Waals surface area contributed by atoms with Gasteiger partial charge in [-0.2, -0.15) is 0 Å². The van der Waals surface area contributed by atoms with Gasteiger partial charge in [0, 0.05) is 30.1 Å². The maximum Gasteiger partial charge on any atom is 0.227 e. The van der Waals surface area contributed by atoms with Crippen LogP contribution in [0.25, 0.3) is 10.9 Å². The van der Waals surface area contributed by atoms with Crippen molar-refractivity contribution in [3.63, 3.8) is 0 Å². The summed E-state index contributed by atoms with van der Waals surface area (Å²) in [5, 5.41) is 14.2. The van der Waals surface area contributed by atoms with Gasteiger partial charge in [0.2, 0.25) is 5.91 Å². The maximum atomic E-state index is 11.9. The van der Waals surface area contributed by atoms with Crippen LogP contribution in [0.1, 0.15) is 24.1 Å². The molecule has 1 atom stereocenters. The summed E-state index contributed by atoms with van der Waals surface area (Å²) in [6.45, 7) is 2.38. The summed E-state index contributed by atoms with van der Waals surface area (Å²) < 4.78 is 0. The number of benzene rings is 1. The normalized spacial score (nSPS) is 19.1. The van der Waals surface area contributed by atoms with Crippen molar-refractivity contribution in [3.05, 3.63) is 27.4 Å². The van der Waals surface area contributed by atoms with Crippen molar-refractivity contribution in [2.24, 2.45) is 0 Å². The lowest BCUT2D eigenvalue weighted by molar-refractivity contribution is -0.121. The minimum Gasteiger partial charge on any atom is -0.507 e. The van der Waals surface area contributed by atoms with Gasteiger partial charge in [-0.15, -0.1) is 0 Å². The highest BCUT2D eigenvalue weighted by Crippen LogP contribution is 2.42. The first-order valence-electron chi connectivity index (χ1n) is 5.99. The Morgan fingerprint density at radius 3 is 2.89 bits per heavy atom. The molecule has 6 heteroatoms. The number of rotatable bonds is 0. The van der Waals surface area contributed by atoms with Crippen molar-refractivity contribution in [2.75, 3.05) is 6.54 Å². The van der Waals surface area contributed by atoms with E-state index in [4.69, 9.17) is 23.2 Å². The summed E-state index contributed by atoms with van der Waals surface area (Å²) >= 11 is 12.1. The molecular formula is C13H12Cl2N2O2. The predicted molar refractivity (Wildman–Crippen MR) is 75.1 cm³/mol. The van der Waals surface area contributed by atoms with Gasteiger partial charge in [-0.1, -0.05) is 23.2 Å². The zero-order chi connectivity index (χ0) is 13.7. The van der Waals surface area contributed by atoms with Gasteiger partial charge >= 0.3 is 0 Å². The summed E-state index contributed by atoms with van der Waals surface area (Å²) in [4.78, 5) is 15.1. The minimum absolute atomic E-state index is 0.0449. The van der Waals surface area contributed by atoms with Crippen LogP contribution in [0.4, 0.5) is 0 Å². The maximum absolute atomic E-state index is 11.9. The lowest BCUT2D eigenvalue weighted by Gasteiger charge is -2.09. The summed E-state index contributed by atoms with van der Waals surface area (Å²) in [6.07, 6.45) is 0.674. The average Bonchev–Trinajstić information content (AvgIpc) is 2.69. The quantitative estimate of drug-likeness (QED) is 0.700. The van der Waals surface area contributed by atoms with Crippen LogP contribution in [0.15, 0.2) is 6.07 Å². The summed E-state index contributed by atoms with van der Waals surface area (Å²) in [6, 6.07) is 1.41. The molecule has 1 aromatic carbocycles. The molecule has 1 amide bonds. The standard InChI is InChI=1S/C13H12Cl2N2O2/c1-5-9-7(2-3-16-13(5)19)17-12-10(9)8(18)4-6(14)11(12)15/h4-5,17-18H,2-3H2,1H3,(H,16,19). The summed E-state index contributed by atoms with van der Waals surface area (Å²) in [5.74, 6) is -0.344. The van der Waals surface area contributed by atoms with Gasteiger partial charge in [-0.25, -0.2) is 0 Å². The largest absolute Gasteiger partial charge is 0.507 e. The molecule has 19 heavy (non-hydrogen) atoms. The van der Waals surface area contributed by atoms with Gasteiger partial charge in [0.15, 0.2) is 0 Å². The first kappa shape index (κ1) is 12.6. The highest BCUT2D eigenvalue weighted by molar-refractivity contribution is 6.45. The molecule has 0 saturated carbocycles. The Labute approximate surface area is 119 Å². The van der Waals surface area contributed by atoms with Crippen LogP contribution < -0.4 is 5.32 Å².